The van der Waals surface area contributed by atoms with Crippen LogP contribution in [0.15, 0.2) is 0 Å². The van der Waals surface area contributed by atoms with Gasteiger partial charge >= 0.3 is 0 Å². The molecule has 0 aliphatic rings. The molecule has 0 saturated heterocycles. The van der Waals surface area contributed by atoms with Crippen molar-refractivity contribution >= 4 is 16.5 Å². The molecule has 1 heterocycles. The summed E-state index contributed by atoms with van der Waals surface area (Å²) in [5, 5.41) is 4.31. The predicted molar refractivity (Wildman–Crippen MR) is 67.9 cm³/mol. The lowest BCUT2D eigenvalue weighted by Gasteiger charge is -2.08. The number of nitrogens with zero attached hydrogens (tertiary/aromatic N) is 2. The minimum absolute atomic E-state index is 0.554. The molecule has 0 radical (unpaired) electrons. The van der Waals surface area contributed by atoms with Crippen LogP contribution in [0, 0.1) is 0 Å². The third-order valence-corrected chi connectivity index (χ3v) is 3.75. The molecule has 1 rings (SSSR count). The van der Waals surface area contributed by atoms with Crippen LogP contribution in [0.5, 0.6) is 0 Å². The molecule has 0 amide bonds. The maximum absolute atomic E-state index is 4.70. The van der Waals surface area contributed by atoms with Gasteiger partial charge < -0.3 is 10.2 Å². The molecule has 15 heavy (non-hydrogen) atoms. The Bertz CT molecular complexity index is 307. The number of aromatic nitrogens is 1. The lowest BCUT2D eigenvalue weighted by Crippen LogP contribution is -2.08. The van der Waals surface area contributed by atoms with Crippen LogP contribution in [-0.2, 0) is 6.54 Å². The molecule has 1 atom stereocenters. The first kappa shape index (κ1) is 12.5. The average molecular weight is 227 g/mol. The number of thiazole rings is 1. The van der Waals surface area contributed by atoms with Gasteiger partial charge in [-0.25, -0.2) is 4.98 Å². The fourth-order valence-corrected chi connectivity index (χ4v) is 2.52. The van der Waals surface area contributed by atoms with Crippen LogP contribution in [0.4, 0.5) is 5.13 Å². The van der Waals surface area contributed by atoms with E-state index in [2.05, 4.69) is 24.1 Å². The van der Waals surface area contributed by atoms with Gasteiger partial charge in [0.05, 0.1) is 5.69 Å². The number of anilines is 1. The van der Waals surface area contributed by atoms with Crippen LogP contribution >= 0.6 is 11.3 Å². The fourth-order valence-electron chi connectivity index (χ4n) is 1.41. The molecule has 0 aliphatic heterocycles. The van der Waals surface area contributed by atoms with Gasteiger partial charge in [-0.2, -0.15) is 0 Å². The summed E-state index contributed by atoms with van der Waals surface area (Å²) in [6.07, 6.45) is 1.15. The van der Waals surface area contributed by atoms with Crippen molar-refractivity contribution in [2.45, 2.75) is 32.7 Å². The summed E-state index contributed by atoms with van der Waals surface area (Å²) in [6.45, 7) is 5.38. The molecule has 0 bridgehead atoms. The number of hydrogen-bond donors (Lipinski definition) is 1. The Kier molecular flexibility index (Phi) is 4.54. The molecule has 0 fully saturated rings. The number of nitrogens with one attached hydrogen (secondary N) is 1. The Morgan fingerprint density at radius 3 is 2.60 bits per heavy atom. The Morgan fingerprint density at radius 2 is 2.13 bits per heavy atom. The van der Waals surface area contributed by atoms with E-state index in [0.717, 1.165) is 18.1 Å². The van der Waals surface area contributed by atoms with E-state index < -0.39 is 0 Å². The van der Waals surface area contributed by atoms with Crippen molar-refractivity contribution in [3.8, 4) is 0 Å². The van der Waals surface area contributed by atoms with E-state index >= 15 is 0 Å². The van der Waals surface area contributed by atoms with Gasteiger partial charge in [0.2, 0.25) is 0 Å². The minimum atomic E-state index is 0.554. The highest BCUT2D eigenvalue weighted by Gasteiger charge is 2.16. The van der Waals surface area contributed by atoms with Crippen molar-refractivity contribution in [3.05, 3.63) is 10.6 Å². The number of hydrogen-bond acceptors (Lipinski definition) is 4. The van der Waals surface area contributed by atoms with Gasteiger partial charge in [0.15, 0.2) is 5.13 Å². The van der Waals surface area contributed by atoms with Gasteiger partial charge in [-0.05, 0) is 19.4 Å². The third-order valence-electron chi connectivity index (χ3n) is 2.52. The summed E-state index contributed by atoms with van der Waals surface area (Å²) in [4.78, 5) is 8.15. The van der Waals surface area contributed by atoms with Crippen molar-refractivity contribution in [2.24, 2.45) is 0 Å². The second kappa shape index (κ2) is 5.47. The lowest BCUT2D eigenvalue weighted by atomic mass is 10.0. The van der Waals surface area contributed by atoms with E-state index in [4.69, 9.17) is 4.98 Å². The predicted octanol–water partition coefficient (Wildman–Crippen LogP) is 2.44. The standard InChI is InChI=1S/C11H21N3S/c1-6-8(2)10-9(7-12-3)15-11(13-10)14(4)5/h8,12H,6-7H2,1-5H3. The molecular weight excluding hydrogens is 206 g/mol. The van der Waals surface area contributed by atoms with Crippen LogP contribution in [-0.4, -0.2) is 26.1 Å². The Balaban J connectivity index is 2.99. The Hall–Kier alpha value is -0.610. The van der Waals surface area contributed by atoms with Gasteiger partial charge in [-0.15, -0.1) is 11.3 Å². The monoisotopic (exact) mass is 227 g/mol. The normalized spacial score (nSPS) is 12.9. The van der Waals surface area contributed by atoms with Crippen molar-refractivity contribution in [1.82, 2.24) is 10.3 Å². The largest absolute Gasteiger partial charge is 0.354 e. The first-order chi connectivity index (χ1) is 7.10. The van der Waals surface area contributed by atoms with E-state index in [1.165, 1.54) is 10.6 Å². The summed E-state index contributed by atoms with van der Waals surface area (Å²) in [5.74, 6) is 0.554. The van der Waals surface area contributed by atoms with Gasteiger partial charge in [0.1, 0.15) is 0 Å². The molecule has 1 N–H and O–H groups in total. The van der Waals surface area contributed by atoms with E-state index in [9.17, 15) is 0 Å². The summed E-state index contributed by atoms with van der Waals surface area (Å²) in [6, 6.07) is 0. The molecule has 1 unspecified atom stereocenters. The van der Waals surface area contributed by atoms with Crippen molar-refractivity contribution in [1.29, 1.82) is 0 Å². The molecule has 1 aromatic rings. The van der Waals surface area contributed by atoms with Crippen LogP contribution in [0.1, 0.15) is 36.8 Å². The molecular formula is C11H21N3S. The molecule has 1 aromatic heterocycles. The molecule has 0 spiro atoms. The third kappa shape index (κ3) is 2.92. The van der Waals surface area contributed by atoms with Gasteiger partial charge in [0, 0.05) is 25.5 Å². The minimum Gasteiger partial charge on any atom is -0.354 e. The summed E-state index contributed by atoms with van der Waals surface area (Å²) < 4.78 is 0. The van der Waals surface area contributed by atoms with E-state index in [-0.39, 0.29) is 0 Å². The number of rotatable bonds is 5. The topological polar surface area (TPSA) is 28.2 Å². The van der Waals surface area contributed by atoms with Gasteiger partial charge in [-0.1, -0.05) is 13.8 Å². The summed E-state index contributed by atoms with van der Waals surface area (Å²) in [7, 11) is 6.07. The van der Waals surface area contributed by atoms with Gasteiger partial charge in [-0.3, -0.25) is 0 Å². The molecule has 86 valence electrons. The van der Waals surface area contributed by atoms with Gasteiger partial charge in [0.25, 0.3) is 0 Å². The van der Waals surface area contributed by atoms with Crippen molar-refractivity contribution in [2.75, 3.05) is 26.0 Å². The molecule has 0 saturated carbocycles. The lowest BCUT2D eigenvalue weighted by molar-refractivity contribution is 0.693. The maximum atomic E-state index is 4.70. The van der Waals surface area contributed by atoms with Crippen molar-refractivity contribution < 1.29 is 0 Å². The van der Waals surface area contributed by atoms with Crippen LogP contribution in [0.25, 0.3) is 0 Å². The second-order valence-electron chi connectivity index (χ2n) is 4.04. The second-order valence-corrected chi connectivity index (χ2v) is 5.10. The van der Waals surface area contributed by atoms with Crippen LogP contribution in [0.2, 0.25) is 0 Å². The maximum Gasteiger partial charge on any atom is 0.185 e. The smallest absolute Gasteiger partial charge is 0.185 e. The molecule has 3 nitrogen and oxygen atoms in total. The molecule has 0 aromatic carbocycles. The molecule has 4 heteroatoms. The van der Waals surface area contributed by atoms with Crippen LogP contribution < -0.4 is 10.2 Å². The zero-order valence-corrected chi connectivity index (χ0v) is 11.1. The first-order valence-electron chi connectivity index (χ1n) is 5.41. The van der Waals surface area contributed by atoms with E-state index in [0.29, 0.717) is 5.92 Å². The quantitative estimate of drug-likeness (QED) is 0.837. The zero-order chi connectivity index (χ0) is 11.4. The fraction of sp³-hybridized carbons (Fsp3) is 0.727. The van der Waals surface area contributed by atoms with E-state index in [1.807, 2.05) is 21.1 Å². The molecule has 0 aliphatic carbocycles. The van der Waals surface area contributed by atoms with Crippen molar-refractivity contribution in [3.63, 3.8) is 0 Å². The average Bonchev–Trinajstić information content (AvgIpc) is 2.61. The Labute approximate surface area is 96.5 Å². The van der Waals surface area contributed by atoms with E-state index in [1.54, 1.807) is 11.3 Å². The first-order valence-corrected chi connectivity index (χ1v) is 6.23. The SMILES string of the molecule is CCC(C)c1nc(N(C)C)sc1CNC. The highest BCUT2D eigenvalue weighted by molar-refractivity contribution is 7.15. The Morgan fingerprint density at radius 1 is 1.47 bits per heavy atom. The highest BCUT2D eigenvalue weighted by Crippen LogP contribution is 2.31. The summed E-state index contributed by atoms with van der Waals surface area (Å²) >= 11 is 1.79. The van der Waals surface area contributed by atoms with Crippen LogP contribution in [0.3, 0.4) is 0 Å². The highest BCUT2D eigenvalue weighted by atomic mass is 32.1. The zero-order valence-electron chi connectivity index (χ0n) is 10.3. The summed E-state index contributed by atoms with van der Waals surface area (Å²) in [5.41, 5.74) is 1.26.